The Morgan fingerprint density at radius 2 is 1.58 bits per heavy atom. The molecule has 0 aromatic heterocycles. The van der Waals surface area contributed by atoms with Gasteiger partial charge < -0.3 is 26.8 Å². The Bertz CT molecular complexity index is 790. The van der Waals surface area contributed by atoms with Gasteiger partial charge in [0, 0.05) is 6.42 Å². The Balaban J connectivity index is 3.10. The zero-order valence-corrected chi connectivity index (χ0v) is 20.5. The molecule has 1 aromatic carbocycles. The molecule has 5 atom stereocenters. The maximum absolute atomic E-state index is 13.1. The summed E-state index contributed by atoms with van der Waals surface area (Å²) < 4.78 is 0. The van der Waals surface area contributed by atoms with E-state index in [9.17, 15) is 24.3 Å². The monoisotopic (exact) mass is 480 g/mol. The molecule has 1 aromatic rings. The van der Waals surface area contributed by atoms with Crippen molar-refractivity contribution >= 4 is 35.5 Å². The van der Waals surface area contributed by atoms with Gasteiger partial charge in [-0.3, -0.25) is 14.4 Å². The number of carboxylic acids is 1. The highest BCUT2D eigenvalue weighted by molar-refractivity contribution is 7.98. The minimum absolute atomic E-state index is 0.168. The molecule has 0 saturated carbocycles. The van der Waals surface area contributed by atoms with Gasteiger partial charge in [-0.25, -0.2) is 4.79 Å². The van der Waals surface area contributed by atoms with Gasteiger partial charge in [0.1, 0.15) is 18.1 Å². The first-order chi connectivity index (χ1) is 15.6. The first-order valence-electron chi connectivity index (χ1n) is 11.0. The number of rotatable bonds is 14. The standard InChI is InChI=1S/C23H36N4O5S/c1-5-14(2)19(27-20(28)15(3)24)22(30)26-18(13-16-9-7-6-8-10-16)21(29)25-17(23(31)32)11-12-33-4/h6-10,14-15,17-19H,5,11-13,24H2,1-4H3,(H,25,29)(H,26,30)(H,27,28)(H,31,32). The van der Waals surface area contributed by atoms with Crippen LogP contribution in [-0.2, 0) is 25.6 Å². The van der Waals surface area contributed by atoms with Gasteiger partial charge in [-0.05, 0) is 36.8 Å². The lowest BCUT2D eigenvalue weighted by atomic mass is 9.96. The van der Waals surface area contributed by atoms with Crippen LogP contribution in [0.1, 0.15) is 39.2 Å². The quantitative estimate of drug-likeness (QED) is 0.266. The summed E-state index contributed by atoms with van der Waals surface area (Å²) in [5.74, 6) is -2.37. The van der Waals surface area contributed by atoms with E-state index in [-0.39, 0.29) is 18.8 Å². The average molecular weight is 481 g/mol. The largest absolute Gasteiger partial charge is 0.480 e. The summed E-state index contributed by atoms with van der Waals surface area (Å²) in [7, 11) is 0. The molecule has 0 aliphatic heterocycles. The highest BCUT2D eigenvalue weighted by Gasteiger charge is 2.32. The average Bonchev–Trinajstić information content (AvgIpc) is 2.79. The zero-order chi connectivity index (χ0) is 25.0. The normalized spacial score (nSPS) is 15.4. The predicted octanol–water partition coefficient (Wildman–Crippen LogP) is 0.915. The molecule has 0 spiro atoms. The van der Waals surface area contributed by atoms with Crippen molar-refractivity contribution in [1.82, 2.24) is 16.0 Å². The molecule has 0 bridgehead atoms. The summed E-state index contributed by atoms with van der Waals surface area (Å²) in [6.45, 7) is 5.23. The van der Waals surface area contributed by atoms with Crippen LogP contribution in [0.3, 0.4) is 0 Å². The molecule has 0 radical (unpaired) electrons. The fraction of sp³-hybridized carbons (Fsp3) is 0.565. The topological polar surface area (TPSA) is 151 Å². The first kappa shape index (κ1) is 28.4. The molecule has 9 nitrogen and oxygen atoms in total. The third kappa shape index (κ3) is 9.83. The van der Waals surface area contributed by atoms with Gasteiger partial charge in [0.15, 0.2) is 0 Å². The number of benzene rings is 1. The van der Waals surface area contributed by atoms with Crippen molar-refractivity contribution in [3.63, 3.8) is 0 Å². The van der Waals surface area contributed by atoms with Crippen LogP contribution in [0.4, 0.5) is 0 Å². The number of carbonyl (C=O) groups excluding carboxylic acids is 3. The summed E-state index contributed by atoms with van der Waals surface area (Å²) in [5, 5.41) is 17.4. The maximum atomic E-state index is 13.1. The van der Waals surface area contributed by atoms with Crippen LogP contribution >= 0.6 is 11.8 Å². The third-order valence-electron chi connectivity index (χ3n) is 5.35. The van der Waals surface area contributed by atoms with E-state index in [2.05, 4.69) is 16.0 Å². The van der Waals surface area contributed by atoms with Crippen LogP contribution < -0.4 is 21.7 Å². The van der Waals surface area contributed by atoms with Crippen molar-refractivity contribution in [1.29, 1.82) is 0 Å². The molecular formula is C23H36N4O5S. The summed E-state index contributed by atoms with van der Waals surface area (Å²) in [6.07, 6.45) is 2.89. The molecule has 5 unspecified atom stereocenters. The van der Waals surface area contributed by atoms with Gasteiger partial charge in [-0.1, -0.05) is 50.6 Å². The summed E-state index contributed by atoms with van der Waals surface area (Å²) in [4.78, 5) is 49.9. The third-order valence-corrected chi connectivity index (χ3v) is 5.99. The Morgan fingerprint density at radius 1 is 0.970 bits per heavy atom. The number of nitrogens with one attached hydrogen (secondary N) is 3. The van der Waals surface area contributed by atoms with Crippen LogP contribution in [0.15, 0.2) is 30.3 Å². The lowest BCUT2D eigenvalue weighted by Gasteiger charge is -2.27. The lowest BCUT2D eigenvalue weighted by molar-refractivity contribution is -0.142. The molecule has 184 valence electrons. The molecule has 0 saturated heterocycles. The number of carbonyl (C=O) groups is 4. The fourth-order valence-corrected chi connectivity index (χ4v) is 3.54. The second-order valence-corrected chi connectivity index (χ2v) is 9.08. The van der Waals surface area contributed by atoms with E-state index in [1.807, 2.05) is 50.4 Å². The van der Waals surface area contributed by atoms with Crippen molar-refractivity contribution in [2.24, 2.45) is 11.7 Å². The highest BCUT2D eigenvalue weighted by atomic mass is 32.2. The number of carboxylic acid groups (broad SMARTS) is 1. The van der Waals surface area contributed by atoms with Gasteiger partial charge >= 0.3 is 5.97 Å². The molecular weight excluding hydrogens is 444 g/mol. The SMILES string of the molecule is CCC(C)C(NC(=O)C(C)N)C(=O)NC(Cc1ccccc1)C(=O)NC(CCSC)C(=O)O. The molecule has 0 aliphatic carbocycles. The first-order valence-corrected chi connectivity index (χ1v) is 12.4. The minimum atomic E-state index is -1.14. The number of nitrogens with two attached hydrogens (primary N) is 1. The molecule has 0 aliphatic rings. The molecule has 0 fully saturated rings. The summed E-state index contributed by atoms with van der Waals surface area (Å²) in [6, 6.07) is 5.34. The van der Waals surface area contributed by atoms with Crippen LogP contribution in [0.25, 0.3) is 0 Å². The number of amides is 3. The van der Waals surface area contributed by atoms with Gasteiger partial charge in [-0.15, -0.1) is 0 Å². The summed E-state index contributed by atoms with van der Waals surface area (Å²) in [5.41, 5.74) is 6.44. The molecule has 33 heavy (non-hydrogen) atoms. The van der Waals surface area contributed by atoms with E-state index in [0.717, 1.165) is 5.56 Å². The number of hydrogen-bond acceptors (Lipinski definition) is 6. The van der Waals surface area contributed by atoms with Gasteiger partial charge in [0.2, 0.25) is 17.7 Å². The van der Waals surface area contributed by atoms with Gasteiger partial charge in [-0.2, -0.15) is 11.8 Å². The Kier molecular flexibility index (Phi) is 12.5. The second kappa shape index (κ2) is 14.5. The molecule has 10 heteroatoms. The van der Waals surface area contributed by atoms with Crippen LogP contribution in [-0.4, -0.2) is 65.0 Å². The van der Waals surface area contributed by atoms with E-state index in [1.54, 1.807) is 0 Å². The second-order valence-electron chi connectivity index (χ2n) is 8.09. The van der Waals surface area contributed by atoms with Crippen molar-refractivity contribution in [3.05, 3.63) is 35.9 Å². The lowest BCUT2D eigenvalue weighted by Crippen LogP contribution is -2.58. The van der Waals surface area contributed by atoms with E-state index < -0.39 is 47.9 Å². The van der Waals surface area contributed by atoms with E-state index in [0.29, 0.717) is 12.2 Å². The summed E-state index contributed by atoms with van der Waals surface area (Å²) >= 11 is 1.48. The number of aliphatic carboxylic acids is 1. The van der Waals surface area contributed by atoms with Crippen LogP contribution in [0.5, 0.6) is 0 Å². The van der Waals surface area contributed by atoms with Crippen LogP contribution in [0, 0.1) is 5.92 Å². The smallest absolute Gasteiger partial charge is 0.326 e. The molecule has 1 rings (SSSR count). The Labute approximate surface area is 199 Å². The van der Waals surface area contributed by atoms with Crippen molar-refractivity contribution in [2.75, 3.05) is 12.0 Å². The van der Waals surface area contributed by atoms with E-state index >= 15 is 0 Å². The number of hydrogen-bond donors (Lipinski definition) is 5. The molecule has 0 heterocycles. The predicted molar refractivity (Wildman–Crippen MR) is 130 cm³/mol. The van der Waals surface area contributed by atoms with Gasteiger partial charge in [0.05, 0.1) is 6.04 Å². The Morgan fingerprint density at radius 3 is 2.09 bits per heavy atom. The molecule has 6 N–H and O–H groups in total. The van der Waals surface area contributed by atoms with Crippen LogP contribution in [0.2, 0.25) is 0 Å². The minimum Gasteiger partial charge on any atom is -0.480 e. The van der Waals surface area contributed by atoms with E-state index in [4.69, 9.17) is 5.73 Å². The van der Waals surface area contributed by atoms with Crippen molar-refractivity contribution in [3.8, 4) is 0 Å². The maximum Gasteiger partial charge on any atom is 0.326 e. The molecule has 3 amide bonds. The Hall–Kier alpha value is -2.59. The highest BCUT2D eigenvalue weighted by Crippen LogP contribution is 2.11. The van der Waals surface area contributed by atoms with Crippen molar-refractivity contribution < 1.29 is 24.3 Å². The van der Waals surface area contributed by atoms with Crippen molar-refractivity contribution in [2.45, 2.75) is 64.2 Å². The zero-order valence-electron chi connectivity index (χ0n) is 19.7. The van der Waals surface area contributed by atoms with Gasteiger partial charge in [0.25, 0.3) is 0 Å². The van der Waals surface area contributed by atoms with E-state index in [1.165, 1.54) is 18.7 Å². The fourth-order valence-electron chi connectivity index (χ4n) is 3.07. The number of thioether (sulfide) groups is 1.